The lowest BCUT2D eigenvalue weighted by Gasteiger charge is -2.42. The molecule has 0 spiro atoms. The summed E-state index contributed by atoms with van der Waals surface area (Å²) >= 11 is 0. The van der Waals surface area contributed by atoms with Crippen molar-refractivity contribution in [3.8, 4) is 0 Å². The Balaban J connectivity index is 1.91. The zero-order chi connectivity index (χ0) is 14.0. The van der Waals surface area contributed by atoms with Gasteiger partial charge in [-0.05, 0) is 44.9 Å². The molecule has 4 atom stereocenters. The second-order valence-electron chi connectivity index (χ2n) is 6.26. The van der Waals surface area contributed by atoms with Crippen molar-refractivity contribution < 1.29 is 13.9 Å². The molecular weight excluding hydrogens is 250 g/mol. The lowest BCUT2D eigenvalue weighted by Crippen LogP contribution is -2.54. The summed E-state index contributed by atoms with van der Waals surface area (Å²) in [6.07, 6.45) is 0.683. The fourth-order valence-electron chi connectivity index (χ4n) is 3.14. The molecule has 0 aromatic rings. The monoisotopic (exact) mass is 276 g/mol. The van der Waals surface area contributed by atoms with Crippen LogP contribution in [0.1, 0.15) is 33.1 Å². The Morgan fingerprint density at radius 2 is 1.89 bits per heavy atom. The van der Waals surface area contributed by atoms with Crippen LogP contribution >= 0.6 is 0 Å². The van der Waals surface area contributed by atoms with Gasteiger partial charge in [0.25, 0.3) is 6.43 Å². The molecule has 3 nitrogen and oxygen atoms in total. The predicted octanol–water partition coefficient (Wildman–Crippen LogP) is 1.71. The Morgan fingerprint density at radius 3 is 2.42 bits per heavy atom. The van der Waals surface area contributed by atoms with Crippen LogP contribution in [0.5, 0.6) is 0 Å². The van der Waals surface area contributed by atoms with E-state index in [1.165, 1.54) is 12.8 Å². The van der Waals surface area contributed by atoms with Gasteiger partial charge in [-0.2, -0.15) is 0 Å². The maximum atomic E-state index is 12.3. The Kier molecular flexibility index (Phi) is 5.15. The smallest absolute Gasteiger partial charge is 0.250 e. The van der Waals surface area contributed by atoms with Gasteiger partial charge in [0.15, 0.2) is 0 Å². The van der Waals surface area contributed by atoms with E-state index < -0.39 is 6.43 Å². The van der Waals surface area contributed by atoms with Gasteiger partial charge >= 0.3 is 0 Å². The molecule has 2 rings (SSSR count). The molecule has 19 heavy (non-hydrogen) atoms. The zero-order valence-electron chi connectivity index (χ0n) is 11.9. The van der Waals surface area contributed by atoms with Crippen LogP contribution in [-0.4, -0.2) is 54.3 Å². The first-order chi connectivity index (χ1) is 8.97. The highest BCUT2D eigenvalue weighted by atomic mass is 19.3. The number of piperidine rings is 1. The van der Waals surface area contributed by atoms with Gasteiger partial charge < -0.3 is 10.4 Å². The van der Waals surface area contributed by atoms with Gasteiger partial charge in [0.1, 0.15) is 0 Å². The SMILES string of the molecule is CC(O)C1CC(NCC(F)F)CN(C(C)C2CC2)C1. The van der Waals surface area contributed by atoms with Gasteiger partial charge in [-0.15, -0.1) is 0 Å². The minimum absolute atomic E-state index is 0.0727. The molecule has 2 N–H and O–H groups in total. The summed E-state index contributed by atoms with van der Waals surface area (Å²) in [5, 5.41) is 12.8. The summed E-state index contributed by atoms with van der Waals surface area (Å²) in [5.74, 6) is 0.952. The second kappa shape index (κ2) is 6.46. The Morgan fingerprint density at radius 1 is 1.21 bits per heavy atom. The fraction of sp³-hybridized carbons (Fsp3) is 1.00. The van der Waals surface area contributed by atoms with E-state index in [0.717, 1.165) is 25.4 Å². The van der Waals surface area contributed by atoms with Crippen molar-refractivity contribution in [2.75, 3.05) is 19.6 Å². The molecule has 5 heteroatoms. The van der Waals surface area contributed by atoms with Crippen LogP contribution in [0.3, 0.4) is 0 Å². The van der Waals surface area contributed by atoms with E-state index >= 15 is 0 Å². The van der Waals surface area contributed by atoms with E-state index in [1.807, 2.05) is 0 Å². The van der Waals surface area contributed by atoms with Crippen molar-refractivity contribution in [2.45, 2.75) is 57.7 Å². The van der Waals surface area contributed by atoms with E-state index in [0.29, 0.717) is 6.04 Å². The van der Waals surface area contributed by atoms with Gasteiger partial charge in [0, 0.05) is 25.2 Å². The number of hydrogen-bond acceptors (Lipinski definition) is 3. The van der Waals surface area contributed by atoms with Crippen LogP contribution < -0.4 is 5.32 Å². The lowest BCUT2D eigenvalue weighted by molar-refractivity contribution is 0.0243. The summed E-state index contributed by atoms with van der Waals surface area (Å²) in [5.41, 5.74) is 0. The van der Waals surface area contributed by atoms with Crippen molar-refractivity contribution in [3.63, 3.8) is 0 Å². The molecular formula is C14H26F2N2O. The zero-order valence-corrected chi connectivity index (χ0v) is 11.9. The molecule has 0 amide bonds. The first-order valence-corrected chi connectivity index (χ1v) is 7.41. The molecule has 2 aliphatic rings. The van der Waals surface area contributed by atoms with E-state index in [2.05, 4.69) is 17.1 Å². The number of rotatable bonds is 6. The quantitative estimate of drug-likeness (QED) is 0.775. The summed E-state index contributed by atoms with van der Waals surface area (Å²) < 4.78 is 24.6. The first-order valence-electron chi connectivity index (χ1n) is 7.41. The molecule has 1 aliphatic carbocycles. The van der Waals surface area contributed by atoms with Crippen molar-refractivity contribution in [2.24, 2.45) is 11.8 Å². The average molecular weight is 276 g/mol. The number of nitrogens with one attached hydrogen (secondary N) is 1. The molecule has 0 radical (unpaired) electrons. The molecule has 0 aromatic heterocycles. The summed E-state index contributed by atoms with van der Waals surface area (Å²) in [6, 6.07) is 0.584. The van der Waals surface area contributed by atoms with Crippen molar-refractivity contribution >= 4 is 0 Å². The molecule has 2 fully saturated rings. The van der Waals surface area contributed by atoms with Gasteiger partial charge in [-0.1, -0.05) is 0 Å². The van der Waals surface area contributed by atoms with Crippen LogP contribution in [0.25, 0.3) is 0 Å². The molecule has 0 bridgehead atoms. The highest BCUT2D eigenvalue weighted by Crippen LogP contribution is 2.36. The Bertz CT molecular complexity index is 285. The van der Waals surface area contributed by atoms with E-state index in [-0.39, 0.29) is 24.6 Å². The number of alkyl halides is 2. The summed E-state index contributed by atoms with van der Waals surface area (Å²) in [7, 11) is 0. The minimum Gasteiger partial charge on any atom is -0.393 e. The highest BCUT2D eigenvalue weighted by molar-refractivity contribution is 4.92. The molecule has 1 heterocycles. The summed E-state index contributed by atoms with van der Waals surface area (Å²) in [4.78, 5) is 2.38. The topological polar surface area (TPSA) is 35.5 Å². The largest absolute Gasteiger partial charge is 0.393 e. The number of aliphatic hydroxyl groups is 1. The second-order valence-corrected chi connectivity index (χ2v) is 6.26. The predicted molar refractivity (Wildman–Crippen MR) is 71.3 cm³/mol. The number of aliphatic hydroxyl groups excluding tert-OH is 1. The maximum Gasteiger partial charge on any atom is 0.250 e. The normalized spacial score (nSPS) is 32.5. The van der Waals surface area contributed by atoms with Crippen molar-refractivity contribution in [1.29, 1.82) is 0 Å². The van der Waals surface area contributed by atoms with Gasteiger partial charge in [-0.25, -0.2) is 8.78 Å². The van der Waals surface area contributed by atoms with E-state index in [4.69, 9.17) is 0 Å². The number of likely N-dealkylation sites (tertiary alicyclic amines) is 1. The molecule has 112 valence electrons. The minimum atomic E-state index is -2.30. The van der Waals surface area contributed by atoms with Gasteiger partial charge in [0.05, 0.1) is 12.6 Å². The fourth-order valence-corrected chi connectivity index (χ4v) is 3.14. The van der Waals surface area contributed by atoms with Crippen LogP contribution in [0, 0.1) is 11.8 Å². The van der Waals surface area contributed by atoms with Crippen LogP contribution in [0.4, 0.5) is 8.78 Å². The van der Waals surface area contributed by atoms with Gasteiger partial charge in [0.2, 0.25) is 0 Å². The number of halogens is 2. The molecule has 1 saturated heterocycles. The summed E-state index contributed by atoms with van der Waals surface area (Å²) in [6.45, 7) is 5.50. The van der Waals surface area contributed by atoms with Crippen molar-refractivity contribution in [1.82, 2.24) is 10.2 Å². The molecule has 1 aliphatic heterocycles. The average Bonchev–Trinajstić information content (AvgIpc) is 3.19. The number of hydrogen-bond donors (Lipinski definition) is 2. The standard InChI is InChI=1S/C14H26F2N2O/c1-9(11-3-4-11)18-7-12(10(2)19)5-13(8-18)17-6-14(15)16/h9-14,17,19H,3-8H2,1-2H3. The van der Waals surface area contributed by atoms with Crippen LogP contribution in [0.2, 0.25) is 0 Å². The molecule has 0 aromatic carbocycles. The maximum absolute atomic E-state index is 12.3. The Labute approximate surface area is 114 Å². The third-order valence-corrected chi connectivity index (χ3v) is 4.63. The molecule has 4 unspecified atom stereocenters. The third kappa shape index (κ3) is 4.36. The number of nitrogens with zero attached hydrogens (tertiary/aromatic N) is 1. The van der Waals surface area contributed by atoms with Crippen molar-refractivity contribution in [3.05, 3.63) is 0 Å². The molecule has 1 saturated carbocycles. The van der Waals surface area contributed by atoms with E-state index in [1.54, 1.807) is 6.92 Å². The van der Waals surface area contributed by atoms with Gasteiger partial charge in [-0.3, -0.25) is 4.90 Å². The van der Waals surface area contributed by atoms with E-state index in [9.17, 15) is 13.9 Å². The van der Waals surface area contributed by atoms with Crippen LogP contribution in [-0.2, 0) is 0 Å². The van der Waals surface area contributed by atoms with Crippen LogP contribution in [0.15, 0.2) is 0 Å². The third-order valence-electron chi connectivity index (χ3n) is 4.63. The first kappa shape index (κ1) is 15.1. The Hall–Kier alpha value is -0.260. The highest BCUT2D eigenvalue weighted by Gasteiger charge is 2.37. The lowest BCUT2D eigenvalue weighted by atomic mass is 9.89.